The Balaban J connectivity index is 1.87. The maximum Gasteiger partial charge on any atom is 0.315 e. The number of hydrogen-bond donors (Lipinski definition) is 3. The maximum absolute atomic E-state index is 11.9. The number of carbonyl (C=O) groups excluding carboxylic acids is 1. The molecule has 1 fully saturated rings. The largest absolute Gasteiger partial charge is 0.481 e. The van der Waals surface area contributed by atoms with Gasteiger partial charge in [-0.25, -0.2) is 9.78 Å². The van der Waals surface area contributed by atoms with Gasteiger partial charge in [-0.1, -0.05) is 12.8 Å². The van der Waals surface area contributed by atoms with Crippen LogP contribution in [0.2, 0.25) is 0 Å². The Morgan fingerprint density at radius 2 is 2.15 bits per heavy atom. The minimum atomic E-state index is -0.890. The van der Waals surface area contributed by atoms with E-state index in [1.807, 2.05) is 0 Å². The van der Waals surface area contributed by atoms with Crippen LogP contribution in [0.4, 0.5) is 4.79 Å². The molecular formula is C12H19N5O3. The average Bonchev–Trinajstić information content (AvgIpc) is 2.95. The molecule has 0 bridgehead atoms. The topological polar surface area (TPSA) is 109 Å². The van der Waals surface area contributed by atoms with E-state index < -0.39 is 11.5 Å². The molecular weight excluding hydrogens is 262 g/mol. The summed E-state index contributed by atoms with van der Waals surface area (Å²) in [5, 5.41) is 18.5. The number of carbonyl (C=O) groups is 2. The zero-order valence-electron chi connectivity index (χ0n) is 11.4. The van der Waals surface area contributed by atoms with Crippen LogP contribution in [0.3, 0.4) is 0 Å². The Hall–Kier alpha value is -2.12. The van der Waals surface area contributed by atoms with Gasteiger partial charge in [0.05, 0.1) is 18.5 Å². The molecule has 20 heavy (non-hydrogen) atoms. The summed E-state index contributed by atoms with van der Waals surface area (Å²) in [4.78, 5) is 26.8. The van der Waals surface area contributed by atoms with Crippen LogP contribution in [-0.2, 0) is 18.4 Å². The highest BCUT2D eigenvalue weighted by Crippen LogP contribution is 2.32. The Labute approximate surface area is 116 Å². The highest BCUT2D eigenvalue weighted by atomic mass is 16.4. The number of hydrogen-bond acceptors (Lipinski definition) is 4. The van der Waals surface area contributed by atoms with Crippen molar-refractivity contribution in [1.82, 2.24) is 25.4 Å². The highest BCUT2D eigenvalue weighted by molar-refractivity contribution is 5.76. The summed E-state index contributed by atoms with van der Waals surface area (Å²) in [6.45, 7) is 0.218. The molecule has 0 aliphatic heterocycles. The van der Waals surface area contributed by atoms with Crippen LogP contribution in [-0.4, -0.2) is 37.4 Å². The van der Waals surface area contributed by atoms with E-state index in [4.69, 9.17) is 5.11 Å². The number of urea groups is 1. The van der Waals surface area contributed by atoms with E-state index in [-0.39, 0.29) is 19.0 Å². The monoisotopic (exact) mass is 281 g/mol. The summed E-state index contributed by atoms with van der Waals surface area (Å²) < 4.78 is 1.55. The molecule has 0 saturated heterocycles. The first-order valence-electron chi connectivity index (χ1n) is 6.61. The van der Waals surface area contributed by atoms with Crippen molar-refractivity contribution in [3.63, 3.8) is 0 Å². The summed E-state index contributed by atoms with van der Waals surface area (Å²) in [6, 6.07) is -0.374. The Kier molecular flexibility index (Phi) is 4.21. The molecule has 0 aromatic carbocycles. The van der Waals surface area contributed by atoms with Crippen molar-refractivity contribution in [2.45, 2.75) is 44.2 Å². The number of nitrogens with one attached hydrogen (secondary N) is 2. The second-order valence-electron chi connectivity index (χ2n) is 5.20. The predicted molar refractivity (Wildman–Crippen MR) is 69.8 cm³/mol. The molecule has 1 heterocycles. The van der Waals surface area contributed by atoms with Gasteiger partial charge in [-0.15, -0.1) is 0 Å². The lowest BCUT2D eigenvalue weighted by molar-refractivity contribution is -0.138. The van der Waals surface area contributed by atoms with E-state index in [9.17, 15) is 9.59 Å². The number of nitrogens with zero attached hydrogens (tertiary/aromatic N) is 3. The van der Waals surface area contributed by atoms with Gasteiger partial charge in [-0.05, 0) is 12.8 Å². The molecule has 8 nitrogen and oxygen atoms in total. The minimum Gasteiger partial charge on any atom is -0.481 e. The predicted octanol–water partition coefficient (Wildman–Crippen LogP) is 0.402. The fourth-order valence-electron chi connectivity index (χ4n) is 2.60. The smallest absolute Gasteiger partial charge is 0.315 e. The molecule has 8 heteroatoms. The van der Waals surface area contributed by atoms with Crippen molar-refractivity contribution in [3.05, 3.63) is 12.2 Å². The van der Waals surface area contributed by atoms with Crippen LogP contribution < -0.4 is 10.6 Å². The SMILES string of the molecule is Cn1cnc(CNC(=O)NC2(CC(=O)O)CCCC2)n1. The van der Waals surface area contributed by atoms with Crippen molar-refractivity contribution in [3.8, 4) is 0 Å². The second-order valence-corrected chi connectivity index (χ2v) is 5.20. The van der Waals surface area contributed by atoms with E-state index in [2.05, 4.69) is 20.7 Å². The first-order chi connectivity index (χ1) is 9.49. The van der Waals surface area contributed by atoms with Crippen LogP contribution in [0.5, 0.6) is 0 Å². The van der Waals surface area contributed by atoms with E-state index >= 15 is 0 Å². The van der Waals surface area contributed by atoms with Gasteiger partial charge in [0.25, 0.3) is 0 Å². The molecule has 1 aliphatic carbocycles. The maximum atomic E-state index is 11.9. The van der Waals surface area contributed by atoms with Crippen molar-refractivity contribution in [2.75, 3.05) is 0 Å². The zero-order chi connectivity index (χ0) is 14.6. The molecule has 0 spiro atoms. The minimum absolute atomic E-state index is 0.0394. The molecule has 0 atom stereocenters. The average molecular weight is 281 g/mol. The van der Waals surface area contributed by atoms with Crippen molar-refractivity contribution in [2.24, 2.45) is 7.05 Å². The molecule has 0 radical (unpaired) electrons. The number of carboxylic acids is 1. The normalized spacial score (nSPS) is 16.9. The van der Waals surface area contributed by atoms with Gasteiger partial charge in [0.15, 0.2) is 5.82 Å². The van der Waals surface area contributed by atoms with E-state index in [1.54, 1.807) is 18.1 Å². The Morgan fingerprint density at radius 3 is 2.70 bits per heavy atom. The van der Waals surface area contributed by atoms with Crippen molar-refractivity contribution in [1.29, 1.82) is 0 Å². The standard InChI is InChI=1S/C12H19N5O3/c1-17-8-14-9(16-17)7-13-11(20)15-12(6-10(18)19)4-2-3-5-12/h8H,2-7H2,1H3,(H,18,19)(H2,13,15,20). The second kappa shape index (κ2) is 5.89. The van der Waals surface area contributed by atoms with Crippen LogP contribution in [0.15, 0.2) is 6.33 Å². The van der Waals surface area contributed by atoms with Crippen LogP contribution in [0, 0.1) is 0 Å². The first kappa shape index (κ1) is 14.3. The number of aliphatic carboxylic acids is 1. The number of rotatable bonds is 5. The third kappa shape index (κ3) is 3.69. The van der Waals surface area contributed by atoms with Crippen LogP contribution >= 0.6 is 0 Å². The molecule has 1 saturated carbocycles. The third-order valence-corrected chi connectivity index (χ3v) is 3.48. The summed E-state index contributed by atoms with van der Waals surface area (Å²) in [6.07, 6.45) is 4.80. The first-order valence-corrected chi connectivity index (χ1v) is 6.61. The van der Waals surface area contributed by atoms with Gasteiger partial charge in [0.2, 0.25) is 0 Å². The lowest BCUT2D eigenvalue weighted by atomic mass is 9.93. The van der Waals surface area contributed by atoms with Gasteiger partial charge in [-0.3, -0.25) is 9.48 Å². The quantitative estimate of drug-likeness (QED) is 0.724. The molecule has 3 N–H and O–H groups in total. The highest BCUT2D eigenvalue weighted by Gasteiger charge is 2.37. The summed E-state index contributed by atoms with van der Waals surface area (Å²) in [7, 11) is 1.75. The van der Waals surface area contributed by atoms with Gasteiger partial charge in [0.1, 0.15) is 6.33 Å². The van der Waals surface area contributed by atoms with Gasteiger partial charge in [0, 0.05) is 7.05 Å². The fourth-order valence-corrected chi connectivity index (χ4v) is 2.60. The van der Waals surface area contributed by atoms with Gasteiger partial charge in [-0.2, -0.15) is 5.10 Å². The van der Waals surface area contributed by atoms with Gasteiger partial charge >= 0.3 is 12.0 Å². The summed E-state index contributed by atoms with van der Waals surface area (Å²) in [5.74, 6) is -0.375. The van der Waals surface area contributed by atoms with E-state index in [1.165, 1.54) is 0 Å². The van der Waals surface area contributed by atoms with Crippen LogP contribution in [0.25, 0.3) is 0 Å². The molecule has 2 amide bonds. The summed E-state index contributed by atoms with van der Waals surface area (Å²) >= 11 is 0. The van der Waals surface area contributed by atoms with E-state index in [0.29, 0.717) is 18.7 Å². The number of amides is 2. The Bertz CT molecular complexity index is 493. The van der Waals surface area contributed by atoms with Crippen LogP contribution in [0.1, 0.15) is 37.9 Å². The molecule has 0 unspecified atom stereocenters. The lowest BCUT2D eigenvalue weighted by Crippen LogP contribution is -2.51. The Morgan fingerprint density at radius 1 is 1.45 bits per heavy atom. The zero-order valence-corrected chi connectivity index (χ0v) is 11.4. The fraction of sp³-hybridized carbons (Fsp3) is 0.667. The van der Waals surface area contributed by atoms with Gasteiger partial charge < -0.3 is 15.7 Å². The number of aromatic nitrogens is 3. The van der Waals surface area contributed by atoms with Crippen molar-refractivity contribution < 1.29 is 14.7 Å². The molecule has 1 aromatic rings. The summed E-state index contributed by atoms with van der Waals surface area (Å²) in [5.41, 5.74) is -0.618. The number of aryl methyl sites for hydroxylation is 1. The number of carboxylic acid groups (broad SMARTS) is 1. The molecule has 2 rings (SSSR count). The van der Waals surface area contributed by atoms with Crippen molar-refractivity contribution >= 4 is 12.0 Å². The lowest BCUT2D eigenvalue weighted by Gasteiger charge is -2.28. The molecule has 110 valence electrons. The third-order valence-electron chi connectivity index (χ3n) is 3.48. The molecule has 1 aliphatic rings. The molecule has 1 aromatic heterocycles. The van der Waals surface area contributed by atoms with E-state index in [0.717, 1.165) is 12.8 Å².